The topological polar surface area (TPSA) is 12.0 Å². The summed E-state index contributed by atoms with van der Waals surface area (Å²) in [6.07, 6.45) is 2.91. The summed E-state index contributed by atoms with van der Waals surface area (Å²) in [5.41, 5.74) is 0. The standard InChI is InChI=1S/C11H21N/c1-7(2)10-5-9-6-12-11(10)4-8(9)3/h7-12H,4-6H2,1-3H3. The van der Waals surface area contributed by atoms with Gasteiger partial charge in [-0.05, 0) is 43.1 Å². The van der Waals surface area contributed by atoms with Crippen LogP contribution in [0.3, 0.4) is 0 Å². The van der Waals surface area contributed by atoms with Gasteiger partial charge in [0, 0.05) is 6.04 Å². The van der Waals surface area contributed by atoms with E-state index < -0.39 is 0 Å². The lowest BCUT2D eigenvalue weighted by Gasteiger charge is -2.48. The second-order valence-electron chi connectivity index (χ2n) is 5.13. The molecule has 0 spiro atoms. The first-order chi connectivity index (χ1) is 5.68. The van der Waals surface area contributed by atoms with Crippen LogP contribution < -0.4 is 5.32 Å². The predicted molar refractivity (Wildman–Crippen MR) is 52.0 cm³/mol. The van der Waals surface area contributed by atoms with Crippen molar-refractivity contribution in [1.29, 1.82) is 0 Å². The smallest absolute Gasteiger partial charge is 0.0101 e. The molecule has 3 rings (SSSR count). The SMILES string of the molecule is CC(C)C1CC2CNC1CC2C. The van der Waals surface area contributed by atoms with Gasteiger partial charge >= 0.3 is 0 Å². The van der Waals surface area contributed by atoms with Crippen LogP contribution in [0.2, 0.25) is 0 Å². The fraction of sp³-hybridized carbons (Fsp3) is 1.00. The molecule has 2 saturated heterocycles. The first-order valence-electron chi connectivity index (χ1n) is 5.42. The summed E-state index contributed by atoms with van der Waals surface area (Å²) in [7, 11) is 0. The quantitative estimate of drug-likeness (QED) is 0.632. The summed E-state index contributed by atoms with van der Waals surface area (Å²) in [4.78, 5) is 0. The molecule has 4 unspecified atom stereocenters. The van der Waals surface area contributed by atoms with Crippen molar-refractivity contribution < 1.29 is 0 Å². The summed E-state index contributed by atoms with van der Waals surface area (Å²) in [6, 6.07) is 0.838. The van der Waals surface area contributed by atoms with Gasteiger partial charge in [0.2, 0.25) is 0 Å². The molecule has 1 nitrogen and oxygen atoms in total. The molecule has 2 aliphatic heterocycles. The Balaban J connectivity index is 2.05. The summed E-state index contributed by atoms with van der Waals surface area (Å²) >= 11 is 0. The molecule has 2 bridgehead atoms. The van der Waals surface area contributed by atoms with Crippen molar-refractivity contribution in [2.75, 3.05) is 6.54 Å². The van der Waals surface area contributed by atoms with E-state index in [1.54, 1.807) is 0 Å². The van der Waals surface area contributed by atoms with E-state index in [1.165, 1.54) is 19.4 Å². The van der Waals surface area contributed by atoms with E-state index in [1.807, 2.05) is 0 Å². The Hall–Kier alpha value is -0.0400. The molecule has 0 aromatic rings. The number of nitrogens with one attached hydrogen (secondary N) is 1. The summed E-state index contributed by atoms with van der Waals surface area (Å²) < 4.78 is 0. The Bertz CT molecular complexity index is 164. The summed E-state index contributed by atoms with van der Waals surface area (Å²) in [5, 5.41) is 3.68. The van der Waals surface area contributed by atoms with Gasteiger partial charge < -0.3 is 5.32 Å². The second-order valence-corrected chi connectivity index (χ2v) is 5.13. The van der Waals surface area contributed by atoms with Crippen LogP contribution in [0.5, 0.6) is 0 Å². The van der Waals surface area contributed by atoms with Gasteiger partial charge in [0.15, 0.2) is 0 Å². The molecular weight excluding hydrogens is 146 g/mol. The van der Waals surface area contributed by atoms with Gasteiger partial charge in [0.25, 0.3) is 0 Å². The Morgan fingerprint density at radius 1 is 1.25 bits per heavy atom. The normalized spacial score (nSPS) is 47.0. The van der Waals surface area contributed by atoms with Gasteiger partial charge in [-0.25, -0.2) is 0 Å². The summed E-state index contributed by atoms with van der Waals surface area (Å²) in [6.45, 7) is 8.46. The van der Waals surface area contributed by atoms with Gasteiger partial charge in [0.1, 0.15) is 0 Å². The minimum atomic E-state index is 0.838. The van der Waals surface area contributed by atoms with Crippen LogP contribution in [0.25, 0.3) is 0 Å². The number of hydrogen-bond acceptors (Lipinski definition) is 1. The van der Waals surface area contributed by atoms with E-state index in [0.29, 0.717) is 0 Å². The molecule has 1 heteroatoms. The molecule has 2 heterocycles. The van der Waals surface area contributed by atoms with Gasteiger partial charge in [0.05, 0.1) is 0 Å². The molecule has 3 aliphatic rings. The van der Waals surface area contributed by atoms with E-state index in [0.717, 1.165) is 29.7 Å². The van der Waals surface area contributed by atoms with Crippen molar-refractivity contribution in [2.24, 2.45) is 23.7 Å². The van der Waals surface area contributed by atoms with E-state index in [4.69, 9.17) is 0 Å². The zero-order valence-corrected chi connectivity index (χ0v) is 8.51. The highest BCUT2D eigenvalue weighted by atomic mass is 15.0. The lowest BCUT2D eigenvalue weighted by molar-refractivity contribution is 0.0601. The zero-order chi connectivity index (χ0) is 8.72. The molecule has 4 atom stereocenters. The summed E-state index contributed by atoms with van der Waals surface area (Å²) in [5.74, 6) is 3.78. The van der Waals surface area contributed by atoms with Crippen molar-refractivity contribution in [3.05, 3.63) is 0 Å². The maximum Gasteiger partial charge on any atom is 0.0101 e. The average Bonchev–Trinajstić information content (AvgIpc) is 2.04. The molecule has 1 N–H and O–H groups in total. The molecule has 0 aromatic heterocycles. The fourth-order valence-corrected chi connectivity index (χ4v) is 3.07. The van der Waals surface area contributed by atoms with Crippen molar-refractivity contribution in [1.82, 2.24) is 5.32 Å². The predicted octanol–water partition coefficient (Wildman–Crippen LogP) is 2.28. The van der Waals surface area contributed by atoms with Crippen LogP contribution in [-0.2, 0) is 0 Å². The number of rotatable bonds is 1. The van der Waals surface area contributed by atoms with Crippen LogP contribution in [0, 0.1) is 23.7 Å². The van der Waals surface area contributed by atoms with Crippen molar-refractivity contribution >= 4 is 0 Å². The maximum atomic E-state index is 3.68. The number of fused-ring (bicyclic) bond motifs is 3. The second kappa shape index (κ2) is 3.02. The largest absolute Gasteiger partial charge is 0.313 e. The van der Waals surface area contributed by atoms with Crippen LogP contribution >= 0.6 is 0 Å². The lowest BCUT2D eigenvalue weighted by atomic mass is 9.65. The molecule has 0 radical (unpaired) electrons. The van der Waals surface area contributed by atoms with Crippen LogP contribution in [0.4, 0.5) is 0 Å². The van der Waals surface area contributed by atoms with Gasteiger partial charge in [-0.3, -0.25) is 0 Å². The Morgan fingerprint density at radius 3 is 2.42 bits per heavy atom. The lowest BCUT2D eigenvalue weighted by Crippen LogP contribution is -2.54. The van der Waals surface area contributed by atoms with Crippen LogP contribution in [0.1, 0.15) is 33.6 Å². The molecule has 70 valence electrons. The Morgan fingerprint density at radius 2 is 2.00 bits per heavy atom. The highest BCUT2D eigenvalue weighted by molar-refractivity contribution is 4.95. The van der Waals surface area contributed by atoms with E-state index in [-0.39, 0.29) is 0 Å². The monoisotopic (exact) mass is 167 g/mol. The molecule has 0 amide bonds. The Kier molecular flexibility index (Phi) is 2.16. The minimum Gasteiger partial charge on any atom is -0.313 e. The highest BCUT2D eigenvalue weighted by Crippen LogP contribution is 2.40. The molecule has 1 saturated carbocycles. The average molecular weight is 167 g/mol. The van der Waals surface area contributed by atoms with Crippen molar-refractivity contribution in [2.45, 2.75) is 39.7 Å². The maximum absolute atomic E-state index is 3.68. The first-order valence-corrected chi connectivity index (χ1v) is 5.42. The fourth-order valence-electron chi connectivity index (χ4n) is 3.07. The minimum absolute atomic E-state index is 0.838. The van der Waals surface area contributed by atoms with Gasteiger partial charge in [-0.15, -0.1) is 0 Å². The molecule has 12 heavy (non-hydrogen) atoms. The molecule has 1 aliphatic carbocycles. The van der Waals surface area contributed by atoms with E-state index in [9.17, 15) is 0 Å². The highest BCUT2D eigenvalue weighted by Gasteiger charge is 2.40. The van der Waals surface area contributed by atoms with Crippen LogP contribution in [-0.4, -0.2) is 12.6 Å². The van der Waals surface area contributed by atoms with Gasteiger partial charge in [-0.2, -0.15) is 0 Å². The van der Waals surface area contributed by atoms with Crippen LogP contribution in [0.15, 0.2) is 0 Å². The Labute approximate surface area is 75.9 Å². The third-order valence-corrected chi connectivity index (χ3v) is 4.02. The van der Waals surface area contributed by atoms with Crippen molar-refractivity contribution in [3.63, 3.8) is 0 Å². The molecular formula is C11H21N. The number of hydrogen-bond donors (Lipinski definition) is 1. The third-order valence-electron chi connectivity index (χ3n) is 4.02. The third kappa shape index (κ3) is 1.28. The van der Waals surface area contributed by atoms with Crippen molar-refractivity contribution in [3.8, 4) is 0 Å². The zero-order valence-electron chi connectivity index (χ0n) is 8.51. The van der Waals surface area contributed by atoms with Gasteiger partial charge in [-0.1, -0.05) is 20.8 Å². The number of piperidine rings is 2. The van der Waals surface area contributed by atoms with E-state index in [2.05, 4.69) is 26.1 Å². The van der Waals surface area contributed by atoms with E-state index >= 15 is 0 Å². The molecule has 0 aromatic carbocycles. The first kappa shape index (κ1) is 8.55. The molecule has 3 fully saturated rings.